The minimum Gasteiger partial charge on any atom is -0.479 e. The number of carbonyl (C=O) groups is 1. The van der Waals surface area contributed by atoms with Gasteiger partial charge >= 0.3 is 0 Å². The van der Waals surface area contributed by atoms with Gasteiger partial charge in [0.15, 0.2) is 0 Å². The molecule has 1 heterocycles. The minimum absolute atomic E-state index is 0.00417. The molecule has 1 aromatic heterocycles. The van der Waals surface area contributed by atoms with E-state index in [1.807, 2.05) is 0 Å². The van der Waals surface area contributed by atoms with E-state index in [4.69, 9.17) is 16.3 Å². The van der Waals surface area contributed by atoms with Crippen LogP contribution in [-0.4, -0.2) is 50.6 Å². The van der Waals surface area contributed by atoms with E-state index in [-0.39, 0.29) is 12.5 Å². The molecule has 0 spiro atoms. The van der Waals surface area contributed by atoms with Crippen molar-refractivity contribution in [2.24, 2.45) is 0 Å². The van der Waals surface area contributed by atoms with Crippen molar-refractivity contribution in [2.45, 2.75) is 0 Å². The van der Waals surface area contributed by atoms with Crippen molar-refractivity contribution in [1.29, 1.82) is 0 Å². The number of ether oxygens (including phenoxy) is 1. The van der Waals surface area contributed by atoms with Crippen molar-refractivity contribution in [2.75, 3.05) is 39.7 Å². The highest BCUT2D eigenvalue weighted by atomic mass is 35.5. The first kappa shape index (κ1) is 13.6. The third-order valence-electron chi connectivity index (χ3n) is 2.28. The molecule has 0 fully saturated rings. The highest BCUT2D eigenvalue weighted by Crippen LogP contribution is 2.26. The van der Waals surface area contributed by atoms with Gasteiger partial charge in [-0.1, -0.05) is 11.6 Å². The van der Waals surface area contributed by atoms with Crippen molar-refractivity contribution in [3.63, 3.8) is 0 Å². The number of likely N-dealkylation sites (N-methyl/N-ethyl adjacent to an activating group) is 2. The maximum atomic E-state index is 11.6. The predicted molar refractivity (Wildman–Crippen MR) is 67.8 cm³/mol. The van der Waals surface area contributed by atoms with Crippen LogP contribution in [0.25, 0.3) is 0 Å². The standard InChI is InChI=1S/C11H16ClN3O2/c1-14(2)10(16)7-15(3)8-5-6-9(12)13-11(8)17-4/h5-6H,7H2,1-4H3. The summed E-state index contributed by atoms with van der Waals surface area (Å²) in [4.78, 5) is 18.9. The first-order valence-electron chi connectivity index (χ1n) is 5.07. The number of pyridine rings is 1. The van der Waals surface area contributed by atoms with Gasteiger partial charge in [-0.05, 0) is 12.1 Å². The number of carbonyl (C=O) groups excluding carboxylic acids is 1. The summed E-state index contributed by atoms with van der Waals surface area (Å²) in [6, 6.07) is 3.44. The molecule has 0 saturated heterocycles. The van der Waals surface area contributed by atoms with Gasteiger partial charge in [-0.25, -0.2) is 0 Å². The second-order valence-electron chi connectivity index (χ2n) is 3.81. The van der Waals surface area contributed by atoms with Crippen molar-refractivity contribution >= 4 is 23.2 Å². The van der Waals surface area contributed by atoms with E-state index in [2.05, 4.69) is 4.98 Å². The van der Waals surface area contributed by atoms with E-state index in [1.54, 1.807) is 38.2 Å². The van der Waals surface area contributed by atoms with E-state index in [0.29, 0.717) is 11.0 Å². The van der Waals surface area contributed by atoms with Crippen LogP contribution < -0.4 is 9.64 Å². The van der Waals surface area contributed by atoms with Crippen LogP contribution in [-0.2, 0) is 4.79 Å². The summed E-state index contributed by atoms with van der Waals surface area (Å²) >= 11 is 5.77. The molecule has 17 heavy (non-hydrogen) atoms. The van der Waals surface area contributed by atoms with Gasteiger partial charge in [-0.2, -0.15) is 4.98 Å². The molecule has 1 rings (SSSR count). The number of methoxy groups -OCH3 is 1. The predicted octanol–water partition coefficient (Wildman–Crippen LogP) is 1.27. The number of rotatable bonds is 4. The lowest BCUT2D eigenvalue weighted by atomic mass is 10.3. The maximum Gasteiger partial charge on any atom is 0.241 e. The Bertz CT molecular complexity index is 410. The molecule has 1 amide bonds. The average molecular weight is 258 g/mol. The molecular weight excluding hydrogens is 242 g/mol. The van der Waals surface area contributed by atoms with Crippen LogP contribution in [0.15, 0.2) is 12.1 Å². The van der Waals surface area contributed by atoms with Crippen LogP contribution in [0.4, 0.5) is 5.69 Å². The van der Waals surface area contributed by atoms with E-state index in [0.717, 1.165) is 5.69 Å². The molecule has 0 radical (unpaired) electrons. The highest BCUT2D eigenvalue weighted by Gasteiger charge is 2.14. The summed E-state index contributed by atoms with van der Waals surface area (Å²) in [7, 11) is 6.75. The fourth-order valence-electron chi connectivity index (χ4n) is 1.28. The summed E-state index contributed by atoms with van der Waals surface area (Å²) in [5, 5.41) is 0.359. The van der Waals surface area contributed by atoms with Gasteiger partial charge in [0.05, 0.1) is 13.7 Å². The summed E-state index contributed by atoms with van der Waals surface area (Å²) in [6.45, 7) is 0.257. The summed E-state index contributed by atoms with van der Waals surface area (Å²) in [6.07, 6.45) is 0. The zero-order chi connectivity index (χ0) is 13.0. The zero-order valence-electron chi connectivity index (χ0n) is 10.4. The quantitative estimate of drug-likeness (QED) is 0.762. The molecule has 0 aliphatic carbocycles. The van der Waals surface area contributed by atoms with Crippen LogP contribution in [0.5, 0.6) is 5.88 Å². The highest BCUT2D eigenvalue weighted by molar-refractivity contribution is 6.29. The van der Waals surface area contributed by atoms with Gasteiger partial charge in [-0.15, -0.1) is 0 Å². The zero-order valence-corrected chi connectivity index (χ0v) is 11.2. The molecule has 6 heteroatoms. The Balaban J connectivity index is 2.88. The summed E-state index contributed by atoms with van der Waals surface area (Å²) in [5.41, 5.74) is 0.729. The third-order valence-corrected chi connectivity index (χ3v) is 2.49. The molecular formula is C11H16ClN3O2. The number of amides is 1. The maximum absolute atomic E-state index is 11.6. The molecule has 0 aliphatic rings. The smallest absolute Gasteiger partial charge is 0.241 e. The lowest BCUT2D eigenvalue weighted by molar-refractivity contribution is -0.127. The molecule has 1 aromatic rings. The second kappa shape index (κ2) is 5.72. The Labute approximate surface area is 106 Å². The Kier molecular flexibility index (Phi) is 4.57. The van der Waals surface area contributed by atoms with Gasteiger partial charge in [0.2, 0.25) is 11.8 Å². The van der Waals surface area contributed by atoms with Crippen LogP contribution >= 0.6 is 11.6 Å². The summed E-state index contributed by atoms with van der Waals surface area (Å²) in [5.74, 6) is 0.413. The molecule has 0 aromatic carbocycles. The Morgan fingerprint density at radius 1 is 1.41 bits per heavy atom. The average Bonchev–Trinajstić information content (AvgIpc) is 2.28. The Morgan fingerprint density at radius 2 is 2.06 bits per heavy atom. The molecule has 0 bridgehead atoms. The minimum atomic E-state index is 0.00417. The van der Waals surface area contributed by atoms with Crippen LogP contribution in [0.2, 0.25) is 5.15 Å². The lowest BCUT2D eigenvalue weighted by Gasteiger charge is -2.22. The van der Waals surface area contributed by atoms with Gasteiger partial charge in [0.25, 0.3) is 0 Å². The van der Waals surface area contributed by atoms with E-state index in [1.165, 1.54) is 12.0 Å². The van der Waals surface area contributed by atoms with Crippen molar-refractivity contribution < 1.29 is 9.53 Å². The van der Waals surface area contributed by atoms with Crippen LogP contribution in [0.1, 0.15) is 0 Å². The SMILES string of the molecule is COc1nc(Cl)ccc1N(C)CC(=O)N(C)C. The van der Waals surface area contributed by atoms with Gasteiger partial charge in [-0.3, -0.25) is 4.79 Å². The number of aromatic nitrogens is 1. The number of nitrogens with zero attached hydrogens (tertiary/aromatic N) is 3. The molecule has 94 valence electrons. The molecule has 0 atom stereocenters. The van der Waals surface area contributed by atoms with Gasteiger partial charge < -0.3 is 14.5 Å². The van der Waals surface area contributed by atoms with Gasteiger partial charge in [0, 0.05) is 21.1 Å². The largest absolute Gasteiger partial charge is 0.479 e. The molecule has 0 aliphatic heterocycles. The first-order chi connectivity index (χ1) is 7.95. The normalized spacial score (nSPS) is 9.94. The number of hydrogen-bond donors (Lipinski definition) is 0. The molecule has 0 saturated carbocycles. The third kappa shape index (κ3) is 3.49. The fraction of sp³-hybridized carbons (Fsp3) is 0.455. The first-order valence-corrected chi connectivity index (χ1v) is 5.45. The van der Waals surface area contributed by atoms with Crippen LogP contribution in [0.3, 0.4) is 0 Å². The molecule has 5 nitrogen and oxygen atoms in total. The molecule has 0 N–H and O–H groups in total. The monoisotopic (exact) mass is 257 g/mol. The van der Waals surface area contributed by atoms with Crippen molar-refractivity contribution in [1.82, 2.24) is 9.88 Å². The Morgan fingerprint density at radius 3 is 2.59 bits per heavy atom. The van der Waals surface area contributed by atoms with Crippen molar-refractivity contribution in [3.8, 4) is 5.88 Å². The topological polar surface area (TPSA) is 45.7 Å². The number of halogens is 1. The summed E-state index contributed by atoms with van der Waals surface area (Å²) < 4.78 is 5.13. The second-order valence-corrected chi connectivity index (χ2v) is 4.19. The molecule has 0 unspecified atom stereocenters. The van der Waals surface area contributed by atoms with E-state index < -0.39 is 0 Å². The van der Waals surface area contributed by atoms with E-state index in [9.17, 15) is 4.79 Å². The van der Waals surface area contributed by atoms with E-state index >= 15 is 0 Å². The van der Waals surface area contributed by atoms with Crippen LogP contribution in [0, 0.1) is 0 Å². The lowest BCUT2D eigenvalue weighted by Crippen LogP contribution is -2.34. The fourth-order valence-corrected chi connectivity index (χ4v) is 1.42. The Hall–Kier alpha value is -1.49. The van der Waals surface area contributed by atoms with Crippen molar-refractivity contribution in [3.05, 3.63) is 17.3 Å². The number of anilines is 1. The number of hydrogen-bond acceptors (Lipinski definition) is 4. The van der Waals surface area contributed by atoms with Gasteiger partial charge in [0.1, 0.15) is 10.8 Å².